The monoisotopic (exact) mass is 751 g/mol. The van der Waals surface area contributed by atoms with Crippen molar-refractivity contribution in [3.05, 3.63) is 176 Å². The summed E-state index contributed by atoms with van der Waals surface area (Å²) in [5, 5.41) is 5.09. The van der Waals surface area contributed by atoms with Crippen LogP contribution in [0.2, 0.25) is 0 Å². The van der Waals surface area contributed by atoms with Gasteiger partial charge in [0.2, 0.25) is 0 Å². The molecule has 0 radical (unpaired) electrons. The Morgan fingerprint density at radius 1 is 0.357 bits per heavy atom. The molecule has 4 heterocycles. The predicted molar refractivity (Wildman–Crippen MR) is 234 cm³/mol. The molecule has 11 aromatic rings. The number of fused-ring (bicyclic) bond motifs is 6. The summed E-state index contributed by atoms with van der Waals surface area (Å²) in [4.78, 5) is 24.0. The average Bonchev–Trinajstić information content (AvgIpc) is 3.86. The van der Waals surface area contributed by atoms with E-state index in [-0.39, 0.29) is 0 Å². The third-order valence-electron chi connectivity index (χ3n) is 10.3. The average molecular weight is 752 g/mol. The lowest BCUT2D eigenvalue weighted by atomic mass is 9.94. The number of thiophene rings is 2. The minimum atomic E-state index is 0.605. The Balaban J connectivity index is 1.15. The van der Waals surface area contributed by atoms with E-state index in [1.54, 1.807) is 12.5 Å². The summed E-state index contributed by atoms with van der Waals surface area (Å²) in [5.41, 5.74) is 9.21. The van der Waals surface area contributed by atoms with Crippen molar-refractivity contribution < 1.29 is 0 Å². The molecule has 0 aliphatic heterocycles. The van der Waals surface area contributed by atoms with E-state index >= 15 is 0 Å². The fourth-order valence-electron chi connectivity index (χ4n) is 7.62. The molecule has 0 amide bonds. The molecule has 0 fully saturated rings. The first-order chi connectivity index (χ1) is 27.7. The van der Waals surface area contributed by atoms with Gasteiger partial charge in [-0.25, -0.2) is 24.9 Å². The van der Waals surface area contributed by atoms with Gasteiger partial charge < -0.3 is 0 Å². The van der Waals surface area contributed by atoms with Crippen molar-refractivity contribution in [2.75, 3.05) is 0 Å². The zero-order chi connectivity index (χ0) is 37.0. The maximum absolute atomic E-state index is 5.22. The molecule has 11 rings (SSSR count). The molecule has 4 aromatic heterocycles. The summed E-state index contributed by atoms with van der Waals surface area (Å²) in [6.07, 6.45) is 3.32. The number of nitrogens with zero attached hydrogens (tertiary/aromatic N) is 5. The van der Waals surface area contributed by atoms with Crippen molar-refractivity contribution in [2.45, 2.75) is 0 Å². The number of rotatable bonds is 6. The van der Waals surface area contributed by atoms with Gasteiger partial charge in [-0.3, -0.25) is 0 Å². The summed E-state index contributed by atoms with van der Waals surface area (Å²) < 4.78 is 5.09. The Morgan fingerprint density at radius 2 is 0.839 bits per heavy atom. The molecule has 0 aliphatic carbocycles. The van der Waals surface area contributed by atoms with Crippen LogP contribution < -0.4 is 0 Å². The van der Waals surface area contributed by atoms with Crippen LogP contribution in [0.4, 0.5) is 0 Å². The Hall–Kier alpha value is -6.93. The summed E-state index contributed by atoms with van der Waals surface area (Å²) >= 11 is 3.69. The van der Waals surface area contributed by atoms with Crippen LogP contribution in [0, 0.1) is 0 Å². The van der Waals surface area contributed by atoms with Crippen molar-refractivity contribution in [1.29, 1.82) is 0 Å². The van der Waals surface area contributed by atoms with Crippen LogP contribution in [0.5, 0.6) is 0 Å². The van der Waals surface area contributed by atoms with Crippen LogP contribution in [0.1, 0.15) is 0 Å². The molecule has 0 unspecified atom stereocenters. The van der Waals surface area contributed by atoms with Crippen molar-refractivity contribution in [3.63, 3.8) is 0 Å². The highest BCUT2D eigenvalue weighted by atomic mass is 32.1. The van der Waals surface area contributed by atoms with Gasteiger partial charge in [0.15, 0.2) is 17.5 Å². The maximum atomic E-state index is 5.22. The van der Waals surface area contributed by atoms with Crippen LogP contribution in [-0.4, -0.2) is 24.9 Å². The number of benzene rings is 7. The zero-order valence-corrected chi connectivity index (χ0v) is 31.4. The van der Waals surface area contributed by atoms with Crippen molar-refractivity contribution in [1.82, 2.24) is 24.9 Å². The molecule has 0 aliphatic rings. The highest BCUT2D eigenvalue weighted by Gasteiger charge is 2.19. The second-order valence-corrected chi connectivity index (χ2v) is 15.8. The van der Waals surface area contributed by atoms with Crippen molar-refractivity contribution in [2.24, 2.45) is 0 Å². The number of hydrogen-bond donors (Lipinski definition) is 0. The summed E-state index contributed by atoms with van der Waals surface area (Å²) in [6.45, 7) is 0. The molecule has 5 nitrogen and oxygen atoms in total. The van der Waals surface area contributed by atoms with Crippen LogP contribution in [0.15, 0.2) is 176 Å². The molecule has 262 valence electrons. The zero-order valence-electron chi connectivity index (χ0n) is 29.8. The standard InChI is InChI=1S/C49H29N5S2/c1-2-10-31(11-3-1)47-52-48(32-22-20-30(21-23-32)42-24-25-50-29-51-42)54-49(53-47)35-27-33(36-14-8-16-40-38-12-4-6-18-43(38)55-45(36)40)26-34(28-35)37-15-9-17-41-39-13-5-7-19-44(39)56-46(37)41/h1-29H. The second-order valence-electron chi connectivity index (χ2n) is 13.7. The highest BCUT2D eigenvalue weighted by molar-refractivity contribution is 7.26. The van der Waals surface area contributed by atoms with E-state index in [2.05, 4.69) is 137 Å². The molecule has 0 bridgehead atoms. The van der Waals surface area contributed by atoms with Gasteiger partial charge in [-0.2, -0.15) is 0 Å². The fourth-order valence-corrected chi connectivity index (χ4v) is 10.1. The van der Waals surface area contributed by atoms with E-state index in [4.69, 9.17) is 15.0 Å². The minimum absolute atomic E-state index is 0.605. The lowest BCUT2D eigenvalue weighted by molar-refractivity contribution is 1.07. The third-order valence-corrected chi connectivity index (χ3v) is 12.7. The van der Waals surface area contributed by atoms with Gasteiger partial charge in [0.25, 0.3) is 0 Å². The number of aromatic nitrogens is 5. The van der Waals surface area contributed by atoms with Gasteiger partial charge in [-0.1, -0.05) is 127 Å². The van der Waals surface area contributed by atoms with Crippen LogP contribution in [0.25, 0.3) is 108 Å². The molecule has 0 N–H and O–H groups in total. The van der Waals surface area contributed by atoms with Crippen LogP contribution in [-0.2, 0) is 0 Å². The van der Waals surface area contributed by atoms with E-state index in [1.807, 2.05) is 59.1 Å². The summed E-state index contributed by atoms with van der Waals surface area (Å²) in [5.74, 6) is 1.84. The fraction of sp³-hybridized carbons (Fsp3) is 0. The second kappa shape index (κ2) is 13.4. The minimum Gasteiger partial charge on any atom is -0.245 e. The normalized spacial score (nSPS) is 11.6. The van der Waals surface area contributed by atoms with Gasteiger partial charge in [-0.05, 0) is 58.7 Å². The Bertz CT molecular complexity index is 3110. The van der Waals surface area contributed by atoms with E-state index < -0.39 is 0 Å². The highest BCUT2D eigenvalue weighted by Crippen LogP contribution is 2.44. The van der Waals surface area contributed by atoms with Gasteiger partial charge in [0.1, 0.15) is 6.33 Å². The third kappa shape index (κ3) is 5.64. The van der Waals surface area contributed by atoms with Gasteiger partial charge in [0, 0.05) is 68.8 Å². The summed E-state index contributed by atoms with van der Waals surface area (Å²) in [6, 6.07) is 57.8. The molecule has 56 heavy (non-hydrogen) atoms. The Kier molecular flexibility index (Phi) is 7.79. The van der Waals surface area contributed by atoms with E-state index in [0.29, 0.717) is 17.5 Å². The van der Waals surface area contributed by atoms with E-state index in [1.165, 1.54) is 51.5 Å². The maximum Gasteiger partial charge on any atom is 0.164 e. The molecule has 7 aromatic carbocycles. The lowest BCUT2D eigenvalue weighted by Gasteiger charge is -2.13. The first kappa shape index (κ1) is 32.5. The smallest absolute Gasteiger partial charge is 0.164 e. The SMILES string of the molecule is c1ccc(-c2nc(-c3ccc(-c4ccncn4)cc3)nc(-c3cc(-c4cccc5c4sc4ccccc45)cc(-c4cccc5c4sc4ccccc45)c3)n2)cc1. The quantitative estimate of drug-likeness (QED) is 0.169. The van der Waals surface area contributed by atoms with Crippen molar-refractivity contribution in [3.8, 4) is 67.7 Å². The van der Waals surface area contributed by atoms with Gasteiger partial charge in [-0.15, -0.1) is 22.7 Å². The van der Waals surface area contributed by atoms with E-state index in [0.717, 1.165) is 39.1 Å². The Labute approximate surface area is 330 Å². The molecule has 0 saturated heterocycles. The molecular weight excluding hydrogens is 723 g/mol. The van der Waals surface area contributed by atoms with Gasteiger partial charge in [0.05, 0.1) is 5.69 Å². The first-order valence-electron chi connectivity index (χ1n) is 18.4. The van der Waals surface area contributed by atoms with Gasteiger partial charge >= 0.3 is 0 Å². The topological polar surface area (TPSA) is 64.5 Å². The van der Waals surface area contributed by atoms with E-state index in [9.17, 15) is 0 Å². The lowest BCUT2D eigenvalue weighted by Crippen LogP contribution is -2.00. The number of hydrogen-bond acceptors (Lipinski definition) is 7. The molecule has 0 saturated carbocycles. The summed E-state index contributed by atoms with van der Waals surface area (Å²) in [7, 11) is 0. The van der Waals surface area contributed by atoms with Crippen molar-refractivity contribution >= 4 is 63.0 Å². The van der Waals surface area contributed by atoms with Crippen LogP contribution in [0.3, 0.4) is 0 Å². The molecular formula is C49H29N5S2. The molecule has 0 atom stereocenters. The first-order valence-corrected chi connectivity index (χ1v) is 20.0. The largest absolute Gasteiger partial charge is 0.245 e. The molecule has 7 heteroatoms. The van der Waals surface area contributed by atoms with Crippen LogP contribution >= 0.6 is 22.7 Å². The Morgan fingerprint density at radius 3 is 1.41 bits per heavy atom. The molecule has 0 spiro atoms. The predicted octanol–water partition coefficient (Wildman–Crippen LogP) is 13.4.